The number of thiophene rings is 1. The average molecular weight is 383 g/mol. The maximum atomic E-state index is 12.7. The lowest BCUT2D eigenvalue weighted by Crippen LogP contribution is -2.34. The van der Waals surface area contributed by atoms with Crippen LogP contribution in [0.2, 0.25) is 0 Å². The molecule has 3 heterocycles. The van der Waals surface area contributed by atoms with E-state index in [0.29, 0.717) is 27.2 Å². The number of hydrogen-bond donors (Lipinski definition) is 1. The normalized spacial score (nSPS) is 15.9. The van der Waals surface area contributed by atoms with Gasteiger partial charge in [-0.2, -0.15) is 0 Å². The standard InChI is InChI=1S/C19H17N3O4S/c1-3-12-7-13-18(27-12)20-9-22(19(13)25)8-15(23)11-4-5-16-14(6-11)21-17(24)10(2)26-16/h4-7,9-10H,3,8H2,1-2H3,(H,21,24). The molecule has 0 saturated carbocycles. The summed E-state index contributed by atoms with van der Waals surface area (Å²) in [5, 5.41) is 3.25. The van der Waals surface area contributed by atoms with Crippen LogP contribution in [0.4, 0.5) is 5.69 Å². The zero-order valence-corrected chi connectivity index (χ0v) is 15.6. The van der Waals surface area contributed by atoms with Gasteiger partial charge in [0.1, 0.15) is 10.6 Å². The number of nitrogens with one attached hydrogen (secondary N) is 1. The van der Waals surface area contributed by atoms with E-state index in [1.807, 2.05) is 13.0 Å². The molecule has 0 saturated heterocycles. The summed E-state index contributed by atoms with van der Waals surface area (Å²) in [5.74, 6) is 0.00583. The Labute approximate surface area is 158 Å². The molecule has 0 bridgehead atoms. The molecule has 2 aromatic heterocycles. The van der Waals surface area contributed by atoms with Crippen molar-refractivity contribution in [1.29, 1.82) is 0 Å². The van der Waals surface area contributed by atoms with Crippen molar-refractivity contribution < 1.29 is 14.3 Å². The van der Waals surface area contributed by atoms with Gasteiger partial charge in [0.2, 0.25) is 0 Å². The van der Waals surface area contributed by atoms with Crippen molar-refractivity contribution in [2.45, 2.75) is 32.9 Å². The van der Waals surface area contributed by atoms with Crippen LogP contribution in [-0.2, 0) is 17.8 Å². The smallest absolute Gasteiger partial charge is 0.265 e. The van der Waals surface area contributed by atoms with Crippen molar-refractivity contribution in [2.75, 3.05) is 5.32 Å². The van der Waals surface area contributed by atoms with Gasteiger partial charge in [0, 0.05) is 10.4 Å². The van der Waals surface area contributed by atoms with Crippen molar-refractivity contribution >= 4 is 38.9 Å². The number of anilines is 1. The van der Waals surface area contributed by atoms with Crippen molar-refractivity contribution in [1.82, 2.24) is 9.55 Å². The summed E-state index contributed by atoms with van der Waals surface area (Å²) in [5.41, 5.74) is 0.613. The van der Waals surface area contributed by atoms with Crippen LogP contribution >= 0.6 is 11.3 Å². The van der Waals surface area contributed by atoms with Crippen molar-refractivity contribution in [3.63, 3.8) is 0 Å². The molecular formula is C19H17N3O4S. The van der Waals surface area contributed by atoms with Gasteiger partial charge in [-0.1, -0.05) is 6.92 Å². The highest BCUT2D eigenvalue weighted by Crippen LogP contribution is 2.30. The predicted octanol–water partition coefficient (Wildman–Crippen LogP) is 2.62. The number of benzene rings is 1. The molecule has 1 aliphatic rings. The van der Waals surface area contributed by atoms with E-state index in [9.17, 15) is 14.4 Å². The first-order chi connectivity index (χ1) is 13.0. The number of fused-ring (bicyclic) bond motifs is 2. The molecule has 0 radical (unpaired) electrons. The summed E-state index contributed by atoms with van der Waals surface area (Å²) in [6.45, 7) is 3.55. The molecule has 8 heteroatoms. The van der Waals surface area contributed by atoms with Gasteiger partial charge < -0.3 is 10.1 Å². The summed E-state index contributed by atoms with van der Waals surface area (Å²) in [4.78, 5) is 43.1. The third kappa shape index (κ3) is 3.12. The SMILES string of the molecule is CCc1cc2c(=O)n(CC(=O)c3ccc4c(c3)NC(=O)C(C)O4)cnc2s1. The molecule has 138 valence electrons. The van der Waals surface area contributed by atoms with E-state index in [0.717, 1.165) is 11.3 Å². The number of carbonyl (C=O) groups excluding carboxylic acids is 2. The summed E-state index contributed by atoms with van der Waals surface area (Å²) in [7, 11) is 0. The van der Waals surface area contributed by atoms with E-state index >= 15 is 0 Å². The topological polar surface area (TPSA) is 90.3 Å². The Morgan fingerprint density at radius 3 is 2.93 bits per heavy atom. The van der Waals surface area contributed by atoms with Crippen molar-refractivity contribution in [2.24, 2.45) is 0 Å². The number of carbonyl (C=O) groups is 2. The molecule has 7 nitrogen and oxygen atoms in total. The van der Waals surface area contributed by atoms with Crippen LogP contribution < -0.4 is 15.6 Å². The van der Waals surface area contributed by atoms with Crippen LogP contribution in [0.1, 0.15) is 29.1 Å². The van der Waals surface area contributed by atoms with E-state index in [2.05, 4.69) is 10.3 Å². The molecule has 0 fully saturated rings. The molecule has 1 aromatic carbocycles. The van der Waals surface area contributed by atoms with Gasteiger partial charge in [-0.15, -0.1) is 11.3 Å². The highest BCUT2D eigenvalue weighted by Gasteiger charge is 2.24. The molecule has 1 unspecified atom stereocenters. The van der Waals surface area contributed by atoms with Crippen LogP contribution in [0.15, 0.2) is 35.4 Å². The number of aryl methyl sites for hydroxylation is 1. The zero-order valence-electron chi connectivity index (χ0n) is 14.8. The number of aromatic nitrogens is 2. The Morgan fingerprint density at radius 1 is 1.33 bits per heavy atom. The Balaban J connectivity index is 1.62. The summed E-state index contributed by atoms with van der Waals surface area (Å²) >= 11 is 1.49. The number of ether oxygens (including phenoxy) is 1. The number of Topliss-reactive ketones (excluding diaryl/α,β-unsaturated/α-hetero) is 1. The number of rotatable bonds is 4. The van der Waals surface area contributed by atoms with E-state index in [1.165, 1.54) is 22.2 Å². The maximum Gasteiger partial charge on any atom is 0.265 e. The fraction of sp³-hybridized carbons (Fsp3) is 0.263. The van der Waals surface area contributed by atoms with Gasteiger partial charge in [-0.25, -0.2) is 4.98 Å². The van der Waals surface area contributed by atoms with E-state index < -0.39 is 6.10 Å². The summed E-state index contributed by atoms with van der Waals surface area (Å²) in [6, 6.07) is 6.68. The number of amides is 1. The quantitative estimate of drug-likeness (QED) is 0.700. The lowest BCUT2D eigenvalue weighted by atomic mass is 10.1. The predicted molar refractivity (Wildman–Crippen MR) is 103 cm³/mol. The Morgan fingerprint density at radius 2 is 2.15 bits per heavy atom. The van der Waals surface area contributed by atoms with Crippen molar-refractivity contribution in [3.05, 3.63) is 51.4 Å². The van der Waals surface area contributed by atoms with Crippen LogP contribution in [0, 0.1) is 0 Å². The van der Waals surface area contributed by atoms with Gasteiger partial charge in [0.15, 0.2) is 11.9 Å². The third-order valence-corrected chi connectivity index (χ3v) is 5.65. The second kappa shape index (κ2) is 6.62. The van der Waals surface area contributed by atoms with Gasteiger partial charge >= 0.3 is 0 Å². The molecule has 4 rings (SSSR count). The number of nitrogens with zero attached hydrogens (tertiary/aromatic N) is 2. The minimum absolute atomic E-state index is 0.122. The van der Waals surface area contributed by atoms with Gasteiger partial charge in [0.25, 0.3) is 11.5 Å². The molecule has 1 atom stereocenters. The van der Waals surface area contributed by atoms with Crippen LogP contribution in [-0.4, -0.2) is 27.3 Å². The van der Waals surface area contributed by atoms with Gasteiger partial charge in [0.05, 0.1) is 23.9 Å². The van der Waals surface area contributed by atoms with Crippen LogP contribution in [0.25, 0.3) is 10.2 Å². The molecule has 0 aliphatic carbocycles. The van der Waals surface area contributed by atoms with Crippen LogP contribution in [0.3, 0.4) is 0 Å². The number of hydrogen-bond acceptors (Lipinski definition) is 6. The molecule has 1 N–H and O–H groups in total. The highest BCUT2D eigenvalue weighted by atomic mass is 32.1. The van der Waals surface area contributed by atoms with Gasteiger partial charge in [-0.3, -0.25) is 19.0 Å². The highest BCUT2D eigenvalue weighted by molar-refractivity contribution is 7.18. The monoisotopic (exact) mass is 383 g/mol. The molecule has 1 aliphatic heterocycles. The van der Waals surface area contributed by atoms with E-state index in [1.54, 1.807) is 25.1 Å². The molecular weight excluding hydrogens is 366 g/mol. The van der Waals surface area contributed by atoms with Gasteiger partial charge in [-0.05, 0) is 37.6 Å². The molecule has 3 aromatic rings. The molecule has 1 amide bonds. The zero-order chi connectivity index (χ0) is 19.1. The lowest BCUT2D eigenvalue weighted by Gasteiger charge is -2.23. The van der Waals surface area contributed by atoms with E-state index in [-0.39, 0.29) is 23.8 Å². The van der Waals surface area contributed by atoms with Crippen LogP contribution in [0.5, 0.6) is 5.75 Å². The Bertz CT molecular complexity index is 1130. The molecule has 0 spiro atoms. The maximum absolute atomic E-state index is 12.7. The minimum atomic E-state index is -0.575. The second-order valence-electron chi connectivity index (χ2n) is 6.35. The first kappa shape index (κ1) is 17.4. The third-order valence-electron chi connectivity index (χ3n) is 4.46. The fourth-order valence-corrected chi connectivity index (χ4v) is 3.85. The van der Waals surface area contributed by atoms with Crippen molar-refractivity contribution in [3.8, 4) is 5.75 Å². The average Bonchev–Trinajstić information content (AvgIpc) is 3.09. The summed E-state index contributed by atoms with van der Waals surface area (Å²) < 4.78 is 6.80. The molecule has 27 heavy (non-hydrogen) atoms. The minimum Gasteiger partial charge on any atom is -0.479 e. The second-order valence-corrected chi connectivity index (χ2v) is 7.46. The van der Waals surface area contributed by atoms with E-state index in [4.69, 9.17) is 4.74 Å². The summed E-state index contributed by atoms with van der Waals surface area (Å²) in [6.07, 6.45) is 1.67. The Hall–Kier alpha value is -3.00. The first-order valence-corrected chi connectivity index (χ1v) is 9.40. The number of ketones is 1. The largest absolute Gasteiger partial charge is 0.479 e. The Kier molecular flexibility index (Phi) is 4.27. The first-order valence-electron chi connectivity index (χ1n) is 8.59. The lowest BCUT2D eigenvalue weighted by molar-refractivity contribution is -0.122. The fourth-order valence-electron chi connectivity index (χ4n) is 2.92.